The Morgan fingerprint density at radius 1 is 1.12 bits per heavy atom. The molecule has 2 aromatic heterocycles. The summed E-state index contributed by atoms with van der Waals surface area (Å²) >= 11 is 1.62. The number of nitrogens with zero attached hydrogens (tertiary/aromatic N) is 5. The molecule has 2 aliphatic rings. The van der Waals surface area contributed by atoms with Crippen LogP contribution in [0.2, 0.25) is 0 Å². The predicted octanol–water partition coefficient (Wildman–Crippen LogP) is 4.82. The second-order valence-electron chi connectivity index (χ2n) is 10.4. The van der Waals surface area contributed by atoms with Gasteiger partial charge in [0.25, 0.3) is 0 Å². The van der Waals surface area contributed by atoms with Crippen molar-refractivity contribution in [1.82, 2.24) is 19.5 Å². The molecular weight excluding hydrogens is 432 g/mol. The van der Waals surface area contributed by atoms with Gasteiger partial charge < -0.3 is 15.1 Å². The van der Waals surface area contributed by atoms with Crippen LogP contribution in [0.3, 0.4) is 0 Å². The van der Waals surface area contributed by atoms with Gasteiger partial charge in [-0.15, -0.1) is 5.10 Å². The second-order valence-corrected chi connectivity index (χ2v) is 11.4. The summed E-state index contributed by atoms with van der Waals surface area (Å²) in [5.41, 5.74) is 3.13. The van der Waals surface area contributed by atoms with Crippen LogP contribution in [0.15, 0.2) is 24.3 Å². The molecule has 1 aromatic carbocycles. The van der Waals surface area contributed by atoms with Crippen LogP contribution in [0.4, 0.5) is 10.9 Å². The molecule has 3 heterocycles. The molecule has 0 atom stereocenters. The molecule has 0 spiro atoms. The monoisotopic (exact) mass is 466 g/mol. The SMILES string of the molecule is Cc1cccc(-c2nc3sc(N4CCN(C(=O)C5CCCC5)CC4)nn3c2NC(C)(C)C)c1. The summed E-state index contributed by atoms with van der Waals surface area (Å²) < 4.78 is 1.96. The van der Waals surface area contributed by atoms with E-state index >= 15 is 0 Å². The van der Waals surface area contributed by atoms with Crippen molar-refractivity contribution in [2.24, 2.45) is 5.92 Å². The number of hydrogen-bond acceptors (Lipinski definition) is 6. The topological polar surface area (TPSA) is 65.8 Å². The molecule has 0 bridgehead atoms. The number of anilines is 2. The number of aromatic nitrogens is 3. The Morgan fingerprint density at radius 3 is 2.52 bits per heavy atom. The zero-order valence-electron chi connectivity index (χ0n) is 20.1. The fraction of sp³-hybridized carbons (Fsp3) is 0.560. The number of fused-ring (bicyclic) bond motifs is 1. The lowest BCUT2D eigenvalue weighted by Gasteiger charge is -2.35. The molecule has 1 saturated carbocycles. The first-order valence-corrected chi connectivity index (χ1v) is 12.9. The first-order valence-electron chi connectivity index (χ1n) is 12.1. The van der Waals surface area contributed by atoms with Gasteiger partial charge in [-0.1, -0.05) is 47.9 Å². The number of benzene rings is 1. The molecule has 1 aliphatic heterocycles. The summed E-state index contributed by atoms with van der Waals surface area (Å²) in [6, 6.07) is 8.45. The van der Waals surface area contributed by atoms with Crippen molar-refractivity contribution in [2.45, 2.75) is 58.9 Å². The molecule has 1 N–H and O–H groups in total. The summed E-state index contributed by atoms with van der Waals surface area (Å²) in [5, 5.41) is 9.57. The molecule has 176 valence electrons. The maximum absolute atomic E-state index is 12.8. The van der Waals surface area contributed by atoms with Gasteiger partial charge in [0.2, 0.25) is 16.0 Å². The van der Waals surface area contributed by atoms with Crippen LogP contribution in [0, 0.1) is 12.8 Å². The summed E-state index contributed by atoms with van der Waals surface area (Å²) in [5.74, 6) is 1.55. The average Bonchev–Trinajstić information content (AvgIpc) is 3.50. The number of carbonyl (C=O) groups excluding carboxylic acids is 1. The van der Waals surface area contributed by atoms with Crippen LogP contribution in [-0.4, -0.2) is 57.1 Å². The van der Waals surface area contributed by atoms with Gasteiger partial charge in [0.1, 0.15) is 5.69 Å². The van der Waals surface area contributed by atoms with Gasteiger partial charge in [-0.05, 0) is 46.6 Å². The Bertz CT molecular complexity index is 1150. The van der Waals surface area contributed by atoms with E-state index in [1.807, 2.05) is 4.52 Å². The van der Waals surface area contributed by atoms with Gasteiger partial charge in [-0.2, -0.15) is 4.52 Å². The van der Waals surface area contributed by atoms with Gasteiger partial charge in [0, 0.05) is 43.2 Å². The zero-order valence-corrected chi connectivity index (χ0v) is 20.9. The van der Waals surface area contributed by atoms with Crippen molar-refractivity contribution >= 4 is 33.2 Å². The largest absolute Gasteiger partial charge is 0.364 e. The summed E-state index contributed by atoms with van der Waals surface area (Å²) in [6.45, 7) is 11.8. The Kier molecular flexibility index (Phi) is 5.80. The first kappa shape index (κ1) is 22.2. The van der Waals surface area contributed by atoms with Crippen molar-refractivity contribution in [3.8, 4) is 11.3 Å². The molecule has 5 rings (SSSR count). The number of hydrogen-bond donors (Lipinski definition) is 1. The van der Waals surface area contributed by atoms with E-state index in [2.05, 4.69) is 67.1 Å². The van der Waals surface area contributed by atoms with Gasteiger partial charge in [0.15, 0.2) is 5.82 Å². The van der Waals surface area contributed by atoms with Crippen molar-refractivity contribution < 1.29 is 4.79 Å². The molecule has 2 fully saturated rings. The lowest BCUT2D eigenvalue weighted by atomic mass is 10.1. The quantitative estimate of drug-likeness (QED) is 0.597. The molecule has 3 aromatic rings. The Balaban J connectivity index is 1.39. The highest BCUT2D eigenvalue weighted by Crippen LogP contribution is 2.35. The third-order valence-electron chi connectivity index (χ3n) is 6.54. The van der Waals surface area contributed by atoms with E-state index in [0.29, 0.717) is 5.91 Å². The molecule has 0 unspecified atom stereocenters. The fourth-order valence-electron chi connectivity index (χ4n) is 4.88. The molecule has 8 heteroatoms. The van der Waals surface area contributed by atoms with Crippen LogP contribution in [0.1, 0.15) is 52.0 Å². The Labute approximate surface area is 199 Å². The van der Waals surface area contributed by atoms with Crippen molar-refractivity contribution in [3.05, 3.63) is 29.8 Å². The zero-order chi connectivity index (χ0) is 23.2. The van der Waals surface area contributed by atoms with E-state index in [1.165, 1.54) is 18.4 Å². The third-order valence-corrected chi connectivity index (χ3v) is 7.51. The van der Waals surface area contributed by atoms with Crippen molar-refractivity contribution in [3.63, 3.8) is 0 Å². The molecule has 7 nitrogen and oxygen atoms in total. The summed E-state index contributed by atoms with van der Waals surface area (Å²) in [7, 11) is 0. The maximum Gasteiger partial charge on any atom is 0.225 e. The normalized spacial score (nSPS) is 17.8. The third kappa shape index (κ3) is 4.58. The molecule has 1 aliphatic carbocycles. The van der Waals surface area contributed by atoms with Gasteiger partial charge in [-0.25, -0.2) is 4.98 Å². The second kappa shape index (κ2) is 8.63. The van der Waals surface area contributed by atoms with Gasteiger partial charge in [-0.3, -0.25) is 4.79 Å². The summed E-state index contributed by atoms with van der Waals surface area (Å²) in [4.78, 5) is 23.0. The Hall–Kier alpha value is -2.61. The van der Waals surface area contributed by atoms with Crippen molar-refractivity contribution in [2.75, 3.05) is 36.4 Å². The smallest absolute Gasteiger partial charge is 0.225 e. The number of nitrogens with one attached hydrogen (secondary N) is 1. The number of amides is 1. The van der Waals surface area contributed by atoms with Crippen LogP contribution in [-0.2, 0) is 4.79 Å². The van der Waals surface area contributed by atoms with E-state index in [0.717, 1.165) is 66.2 Å². The van der Waals surface area contributed by atoms with E-state index in [-0.39, 0.29) is 11.5 Å². The number of aryl methyl sites for hydroxylation is 1. The standard InChI is InChI=1S/C25H34N6OS/c1-17-8-7-11-19(16-17)20-21(27-25(2,3)4)31-23(26-20)33-24(28-31)30-14-12-29(13-15-30)22(32)18-9-5-6-10-18/h7-8,11,16,18,27H,5-6,9-10,12-15H2,1-4H3. The van der Waals surface area contributed by atoms with E-state index in [1.54, 1.807) is 11.3 Å². The molecule has 0 radical (unpaired) electrons. The van der Waals surface area contributed by atoms with Crippen LogP contribution in [0.25, 0.3) is 16.2 Å². The van der Waals surface area contributed by atoms with E-state index < -0.39 is 0 Å². The highest BCUT2D eigenvalue weighted by atomic mass is 32.1. The van der Waals surface area contributed by atoms with Crippen LogP contribution in [0.5, 0.6) is 0 Å². The minimum atomic E-state index is -0.120. The average molecular weight is 467 g/mol. The first-order chi connectivity index (χ1) is 15.8. The lowest BCUT2D eigenvalue weighted by Crippen LogP contribution is -2.50. The predicted molar refractivity (Wildman–Crippen MR) is 135 cm³/mol. The van der Waals surface area contributed by atoms with E-state index in [4.69, 9.17) is 10.1 Å². The van der Waals surface area contributed by atoms with E-state index in [9.17, 15) is 4.79 Å². The maximum atomic E-state index is 12.8. The fourth-order valence-corrected chi connectivity index (χ4v) is 5.83. The molecule has 1 saturated heterocycles. The number of imidazole rings is 1. The summed E-state index contributed by atoms with van der Waals surface area (Å²) in [6.07, 6.45) is 4.53. The van der Waals surface area contributed by atoms with Crippen LogP contribution < -0.4 is 10.2 Å². The number of carbonyl (C=O) groups is 1. The number of piperazine rings is 1. The molecule has 1 amide bonds. The minimum absolute atomic E-state index is 0.120. The lowest BCUT2D eigenvalue weighted by molar-refractivity contribution is -0.135. The van der Waals surface area contributed by atoms with Crippen molar-refractivity contribution in [1.29, 1.82) is 0 Å². The van der Waals surface area contributed by atoms with Gasteiger partial charge >= 0.3 is 0 Å². The highest BCUT2D eigenvalue weighted by molar-refractivity contribution is 7.20. The molecule has 33 heavy (non-hydrogen) atoms. The van der Waals surface area contributed by atoms with Gasteiger partial charge in [0.05, 0.1) is 0 Å². The minimum Gasteiger partial charge on any atom is -0.364 e. The highest BCUT2D eigenvalue weighted by Gasteiger charge is 2.31. The number of rotatable bonds is 4. The van der Waals surface area contributed by atoms with Crippen LogP contribution >= 0.6 is 11.3 Å². The Morgan fingerprint density at radius 2 is 1.85 bits per heavy atom. The molecular formula is C25H34N6OS.